The lowest BCUT2D eigenvalue weighted by Gasteiger charge is -2.27. The highest BCUT2D eigenvalue weighted by Gasteiger charge is 2.25. The molecule has 43 heavy (non-hydrogen) atoms. The molecule has 0 aliphatic carbocycles. The highest BCUT2D eigenvalue weighted by atomic mass is 35.5. The number of morpholine rings is 1. The van der Waals surface area contributed by atoms with Crippen LogP contribution in [0.1, 0.15) is 27.6 Å². The van der Waals surface area contributed by atoms with Crippen LogP contribution in [0.15, 0.2) is 48.5 Å². The lowest BCUT2D eigenvalue weighted by molar-refractivity contribution is 0.0338. The van der Waals surface area contributed by atoms with Crippen molar-refractivity contribution in [2.45, 2.75) is 19.5 Å². The molecular formula is C32H34Cl2N6O3. The van der Waals surface area contributed by atoms with Crippen molar-refractivity contribution in [2.24, 2.45) is 7.05 Å². The van der Waals surface area contributed by atoms with Crippen LogP contribution >= 0.6 is 23.2 Å². The number of halogens is 2. The Morgan fingerprint density at radius 1 is 0.953 bits per heavy atom. The van der Waals surface area contributed by atoms with E-state index in [4.69, 9.17) is 37.7 Å². The first-order chi connectivity index (χ1) is 20.8. The molecule has 2 aliphatic heterocycles. The molecule has 1 amide bonds. The van der Waals surface area contributed by atoms with Gasteiger partial charge in [0.15, 0.2) is 5.82 Å². The molecular weight excluding hydrogens is 587 g/mol. The average Bonchev–Trinajstić information content (AvgIpc) is 3.34. The number of benzene rings is 2. The first-order valence-electron chi connectivity index (χ1n) is 14.3. The number of aromatic nitrogens is 3. The number of hydrogen-bond donors (Lipinski definition) is 1. The van der Waals surface area contributed by atoms with Gasteiger partial charge in [-0.2, -0.15) is 0 Å². The molecule has 9 nitrogen and oxygen atoms in total. The Balaban J connectivity index is 1.27. The molecule has 0 spiro atoms. The van der Waals surface area contributed by atoms with Gasteiger partial charge in [-0.15, -0.1) is 0 Å². The van der Waals surface area contributed by atoms with Gasteiger partial charge in [0.1, 0.15) is 0 Å². The summed E-state index contributed by atoms with van der Waals surface area (Å²) < 4.78 is 13.0. The fourth-order valence-corrected chi connectivity index (χ4v) is 6.33. The number of carbonyl (C=O) groups is 1. The number of hydrogen-bond acceptors (Lipinski definition) is 7. The van der Waals surface area contributed by atoms with E-state index < -0.39 is 0 Å². The van der Waals surface area contributed by atoms with Gasteiger partial charge >= 0.3 is 0 Å². The number of anilines is 1. The van der Waals surface area contributed by atoms with Gasteiger partial charge in [0.25, 0.3) is 5.91 Å². The van der Waals surface area contributed by atoms with Crippen molar-refractivity contribution in [3.63, 3.8) is 0 Å². The summed E-state index contributed by atoms with van der Waals surface area (Å²) in [5.41, 5.74) is 6.39. The van der Waals surface area contributed by atoms with Crippen LogP contribution in [-0.4, -0.2) is 77.2 Å². The van der Waals surface area contributed by atoms with Gasteiger partial charge in [0.2, 0.25) is 5.88 Å². The van der Waals surface area contributed by atoms with Crippen LogP contribution < -0.4 is 10.1 Å². The maximum absolute atomic E-state index is 13.3. The van der Waals surface area contributed by atoms with E-state index in [2.05, 4.69) is 27.1 Å². The zero-order valence-electron chi connectivity index (χ0n) is 24.5. The molecule has 0 radical (unpaired) electrons. The van der Waals surface area contributed by atoms with E-state index in [1.165, 1.54) is 0 Å². The minimum absolute atomic E-state index is 0.313. The molecule has 6 rings (SSSR count). The zero-order valence-corrected chi connectivity index (χ0v) is 26.0. The molecule has 2 aromatic carbocycles. The molecule has 0 bridgehead atoms. The van der Waals surface area contributed by atoms with Crippen molar-refractivity contribution >= 4 is 34.8 Å². The topological polar surface area (TPSA) is 84.7 Å². The lowest BCUT2D eigenvalue weighted by atomic mass is 10.00. The molecule has 2 aliphatic rings. The van der Waals surface area contributed by atoms with Crippen LogP contribution in [0.5, 0.6) is 5.88 Å². The first-order valence-corrected chi connectivity index (χ1v) is 15.1. The van der Waals surface area contributed by atoms with Crippen LogP contribution in [0.4, 0.5) is 5.69 Å². The van der Waals surface area contributed by atoms with Gasteiger partial charge in [-0.3, -0.25) is 9.69 Å². The monoisotopic (exact) mass is 620 g/mol. The van der Waals surface area contributed by atoms with Crippen LogP contribution in [0, 0.1) is 0 Å². The number of pyridine rings is 1. The summed E-state index contributed by atoms with van der Waals surface area (Å²) in [5.74, 6) is 0.613. The van der Waals surface area contributed by atoms with Gasteiger partial charge in [0.05, 0.1) is 47.4 Å². The largest absolute Gasteiger partial charge is 0.481 e. The van der Waals surface area contributed by atoms with E-state index in [-0.39, 0.29) is 5.91 Å². The quantitative estimate of drug-likeness (QED) is 0.290. The number of likely N-dealkylation sites (N-methyl/N-ethyl adjacent to an activating group) is 1. The maximum Gasteiger partial charge on any atom is 0.291 e. The number of nitrogens with zero attached hydrogens (tertiary/aromatic N) is 5. The molecule has 1 N–H and O–H groups in total. The van der Waals surface area contributed by atoms with E-state index in [1.807, 2.05) is 54.1 Å². The second-order valence-electron chi connectivity index (χ2n) is 10.9. The van der Waals surface area contributed by atoms with Crippen molar-refractivity contribution in [1.82, 2.24) is 24.3 Å². The third-order valence-corrected chi connectivity index (χ3v) is 8.91. The highest BCUT2D eigenvalue weighted by Crippen LogP contribution is 2.41. The summed E-state index contributed by atoms with van der Waals surface area (Å²) in [5, 5.41) is 3.86. The molecule has 0 unspecified atom stereocenters. The van der Waals surface area contributed by atoms with E-state index in [0.717, 1.165) is 80.4 Å². The first kappa shape index (κ1) is 29.6. The number of rotatable bonds is 7. The van der Waals surface area contributed by atoms with Gasteiger partial charge in [-0.25, -0.2) is 9.97 Å². The Labute approximate surface area is 261 Å². The number of nitrogens with one attached hydrogen (secondary N) is 1. The van der Waals surface area contributed by atoms with Gasteiger partial charge < -0.3 is 24.3 Å². The van der Waals surface area contributed by atoms with Crippen LogP contribution in [-0.2, 0) is 31.3 Å². The summed E-state index contributed by atoms with van der Waals surface area (Å²) >= 11 is 13.9. The fraction of sp³-hybridized carbons (Fsp3) is 0.344. The molecule has 1 saturated heterocycles. The van der Waals surface area contributed by atoms with Gasteiger partial charge in [0, 0.05) is 74.1 Å². The van der Waals surface area contributed by atoms with Crippen molar-refractivity contribution in [3.05, 3.63) is 81.4 Å². The Morgan fingerprint density at radius 3 is 2.44 bits per heavy atom. The Morgan fingerprint density at radius 2 is 1.67 bits per heavy atom. The Bertz CT molecular complexity index is 1670. The molecule has 0 saturated carbocycles. The summed E-state index contributed by atoms with van der Waals surface area (Å²) in [6, 6.07) is 15.3. The third-order valence-electron chi connectivity index (χ3n) is 8.09. The maximum atomic E-state index is 13.3. The van der Waals surface area contributed by atoms with Crippen LogP contribution in [0.2, 0.25) is 10.0 Å². The Hall–Kier alpha value is -3.47. The van der Waals surface area contributed by atoms with Crippen molar-refractivity contribution in [2.75, 3.05) is 52.3 Å². The normalized spacial score (nSPS) is 15.7. The standard InChI is InChI=1S/C32H34Cl2N6O3/c1-38-13-12-27-26(19-38)35-30(39(27)2)31(41)36-25-9-5-7-22(29(25)34)21-6-4-8-23(28(21)33)24-11-10-20(32(37-24)42-3)18-40-14-16-43-17-15-40/h4-11H,12-19H2,1-3H3,(H,36,41). The molecule has 4 heterocycles. The van der Waals surface area contributed by atoms with E-state index in [9.17, 15) is 4.79 Å². The fourth-order valence-electron chi connectivity index (χ4n) is 5.73. The van der Waals surface area contributed by atoms with E-state index in [1.54, 1.807) is 13.2 Å². The molecule has 2 aromatic heterocycles. The Kier molecular flexibility index (Phi) is 8.70. The summed E-state index contributed by atoms with van der Waals surface area (Å²) in [7, 11) is 5.57. The predicted molar refractivity (Wildman–Crippen MR) is 169 cm³/mol. The van der Waals surface area contributed by atoms with Crippen molar-refractivity contribution < 1.29 is 14.3 Å². The molecule has 11 heteroatoms. The highest BCUT2D eigenvalue weighted by molar-refractivity contribution is 6.39. The summed E-state index contributed by atoms with van der Waals surface area (Å²) in [6.07, 6.45) is 0.852. The van der Waals surface area contributed by atoms with E-state index >= 15 is 0 Å². The van der Waals surface area contributed by atoms with Crippen molar-refractivity contribution in [3.8, 4) is 28.3 Å². The number of fused-ring (bicyclic) bond motifs is 1. The number of carbonyl (C=O) groups excluding carboxylic acids is 1. The molecule has 1 fully saturated rings. The van der Waals surface area contributed by atoms with Crippen LogP contribution in [0.25, 0.3) is 22.4 Å². The third kappa shape index (κ3) is 6.01. The second-order valence-corrected chi connectivity index (χ2v) is 11.7. The molecule has 0 atom stereocenters. The van der Waals surface area contributed by atoms with Crippen LogP contribution in [0.3, 0.4) is 0 Å². The smallest absolute Gasteiger partial charge is 0.291 e. The minimum atomic E-state index is -0.313. The minimum Gasteiger partial charge on any atom is -0.481 e. The average molecular weight is 622 g/mol. The van der Waals surface area contributed by atoms with Gasteiger partial charge in [-0.1, -0.05) is 59.6 Å². The number of ether oxygens (including phenoxy) is 2. The SMILES string of the molecule is COc1nc(-c2cccc(-c3cccc(NC(=O)c4nc5c(n4C)CCN(C)C5)c3Cl)c2Cl)ccc1CN1CCOCC1. The zero-order chi connectivity index (χ0) is 30.1. The van der Waals surface area contributed by atoms with Crippen molar-refractivity contribution in [1.29, 1.82) is 0 Å². The number of methoxy groups -OCH3 is 1. The van der Waals surface area contributed by atoms with Gasteiger partial charge in [-0.05, 0) is 19.2 Å². The summed E-state index contributed by atoms with van der Waals surface area (Å²) in [4.78, 5) is 27.3. The molecule has 4 aromatic rings. The van der Waals surface area contributed by atoms with E-state index in [0.29, 0.717) is 38.7 Å². The number of amides is 1. The second kappa shape index (κ2) is 12.6. The molecule has 224 valence electrons. The summed E-state index contributed by atoms with van der Waals surface area (Å²) in [6.45, 7) is 5.60. The number of imidazole rings is 1. The predicted octanol–water partition coefficient (Wildman–Crippen LogP) is 5.54. The lowest BCUT2D eigenvalue weighted by Crippen LogP contribution is -2.35.